The molecule has 0 aromatic rings. The molecule has 1 saturated carbocycles. The largest absolute Gasteiger partial charge is 0.466 e. The first-order valence-electron chi connectivity index (χ1n) is 6.48. The van der Waals surface area contributed by atoms with Crippen LogP contribution in [0, 0.1) is 5.92 Å². The SMILES string of the molecule is CCCCOC(=O)CC1CCCCCC1. The molecule has 0 saturated heterocycles. The number of esters is 1. The highest BCUT2D eigenvalue weighted by Gasteiger charge is 2.16. The fourth-order valence-electron chi connectivity index (χ4n) is 2.19. The Hall–Kier alpha value is -0.530. The van der Waals surface area contributed by atoms with Crippen LogP contribution in [-0.4, -0.2) is 12.6 Å². The first kappa shape index (κ1) is 12.5. The summed E-state index contributed by atoms with van der Waals surface area (Å²) in [6.07, 6.45) is 10.5. The molecule has 0 aromatic carbocycles. The smallest absolute Gasteiger partial charge is 0.306 e. The summed E-state index contributed by atoms with van der Waals surface area (Å²) in [5.41, 5.74) is 0. The highest BCUT2D eigenvalue weighted by atomic mass is 16.5. The normalized spacial score (nSPS) is 18.5. The lowest BCUT2D eigenvalue weighted by Crippen LogP contribution is -2.12. The minimum Gasteiger partial charge on any atom is -0.466 e. The fraction of sp³-hybridized carbons (Fsp3) is 0.923. The first-order valence-corrected chi connectivity index (χ1v) is 6.48. The van der Waals surface area contributed by atoms with Gasteiger partial charge >= 0.3 is 5.97 Å². The second kappa shape index (κ2) is 7.72. The van der Waals surface area contributed by atoms with E-state index in [2.05, 4.69) is 6.92 Å². The van der Waals surface area contributed by atoms with Crippen molar-refractivity contribution in [2.24, 2.45) is 5.92 Å². The number of hydrogen-bond acceptors (Lipinski definition) is 2. The summed E-state index contributed by atoms with van der Waals surface area (Å²) in [4.78, 5) is 11.5. The number of hydrogen-bond donors (Lipinski definition) is 0. The third kappa shape index (κ3) is 5.81. The van der Waals surface area contributed by atoms with E-state index >= 15 is 0 Å². The summed E-state index contributed by atoms with van der Waals surface area (Å²) in [6, 6.07) is 0. The summed E-state index contributed by atoms with van der Waals surface area (Å²) in [7, 11) is 0. The van der Waals surface area contributed by atoms with Crippen molar-refractivity contribution in [1.82, 2.24) is 0 Å². The van der Waals surface area contributed by atoms with E-state index < -0.39 is 0 Å². The quantitative estimate of drug-likeness (QED) is 0.394. The second-order valence-electron chi connectivity index (χ2n) is 4.64. The Morgan fingerprint density at radius 1 is 1.20 bits per heavy atom. The number of ether oxygens (including phenoxy) is 1. The molecule has 0 amide bonds. The standard InChI is InChI=1S/C13H24O2/c1-2-3-10-15-13(14)11-12-8-6-4-5-7-9-12/h12H,2-11H2,1H3. The van der Waals surface area contributed by atoms with Crippen LogP contribution in [0.3, 0.4) is 0 Å². The van der Waals surface area contributed by atoms with Crippen LogP contribution < -0.4 is 0 Å². The van der Waals surface area contributed by atoms with Crippen molar-refractivity contribution in [2.45, 2.75) is 64.7 Å². The van der Waals surface area contributed by atoms with Crippen molar-refractivity contribution in [3.63, 3.8) is 0 Å². The first-order chi connectivity index (χ1) is 7.33. The Morgan fingerprint density at radius 2 is 1.87 bits per heavy atom. The van der Waals surface area contributed by atoms with Gasteiger partial charge < -0.3 is 4.74 Å². The monoisotopic (exact) mass is 212 g/mol. The maximum atomic E-state index is 11.5. The lowest BCUT2D eigenvalue weighted by molar-refractivity contribution is -0.145. The molecule has 0 aliphatic heterocycles. The van der Waals surface area contributed by atoms with Crippen molar-refractivity contribution in [2.75, 3.05) is 6.61 Å². The van der Waals surface area contributed by atoms with Crippen LogP contribution in [-0.2, 0) is 9.53 Å². The van der Waals surface area contributed by atoms with Crippen molar-refractivity contribution in [1.29, 1.82) is 0 Å². The van der Waals surface area contributed by atoms with Crippen LogP contribution in [0.15, 0.2) is 0 Å². The zero-order valence-corrected chi connectivity index (χ0v) is 9.96. The molecule has 0 bridgehead atoms. The van der Waals surface area contributed by atoms with Gasteiger partial charge in [0.25, 0.3) is 0 Å². The Balaban J connectivity index is 2.12. The van der Waals surface area contributed by atoms with E-state index in [1.165, 1.54) is 38.5 Å². The Kier molecular flexibility index (Phi) is 6.45. The minimum absolute atomic E-state index is 0.0235. The van der Waals surface area contributed by atoms with Gasteiger partial charge in [-0.3, -0.25) is 4.79 Å². The second-order valence-corrected chi connectivity index (χ2v) is 4.64. The predicted molar refractivity (Wildman–Crippen MR) is 61.7 cm³/mol. The molecule has 0 aromatic heterocycles. The van der Waals surface area contributed by atoms with Crippen LogP contribution >= 0.6 is 0 Å². The molecule has 0 heterocycles. The maximum Gasteiger partial charge on any atom is 0.306 e. The summed E-state index contributed by atoms with van der Waals surface area (Å²) >= 11 is 0. The van der Waals surface area contributed by atoms with Gasteiger partial charge in [-0.2, -0.15) is 0 Å². The molecule has 88 valence electrons. The van der Waals surface area contributed by atoms with Crippen molar-refractivity contribution in [3.05, 3.63) is 0 Å². The highest BCUT2D eigenvalue weighted by molar-refractivity contribution is 5.69. The Labute approximate surface area is 93.4 Å². The van der Waals surface area contributed by atoms with Gasteiger partial charge in [0, 0.05) is 6.42 Å². The average molecular weight is 212 g/mol. The van der Waals surface area contributed by atoms with Crippen LogP contribution in [0.5, 0.6) is 0 Å². The van der Waals surface area contributed by atoms with Gasteiger partial charge in [0.1, 0.15) is 0 Å². The molecular formula is C13H24O2. The van der Waals surface area contributed by atoms with Crippen molar-refractivity contribution < 1.29 is 9.53 Å². The topological polar surface area (TPSA) is 26.3 Å². The zero-order chi connectivity index (χ0) is 10.9. The minimum atomic E-state index is 0.0235. The zero-order valence-electron chi connectivity index (χ0n) is 9.96. The van der Waals surface area contributed by atoms with Gasteiger partial charge in [-0.1, -0.05) is 39.0 Å². The number of carbonyl (C=O) groups excluding carboxylic acids is 1. The average Bonchev–Trinajstić information content (AvgIpc) is 2.47. The predicted octanol–water partition coefficient (Wildman–Crippen LogP) is 3.69. The van der Waals surface area contributed by atoms with Gasteiger partial charge in [-0.25, -0.2) is 0 Å². The van der Waals surface area contributed by atoms with Crippen LogP contribution in [0.2, 0.25) is 0 Å². The van der Waals surface area contributed by atoms with E-state index in [0.717, 1.165) is 12.8 Å². The molecule has 15 heavy (non-hydrogen) atoms. The Morgan fingerprint density at radius 3 is 2.47 bits per heavy atom. The third-order valence-electron chi connectivity index (χ3n) is 3.19. The van der Waals surface area contributed by atoms with E-state index in [9.17, 15) is 4.79 Å². The van der Waals surface area contributed by atoms with Crippen LogP contribution in [0.4, 0.5) is 0 Å². The van der Waals surface area contributed by atoms with E-state index in [1.54, 1.807) is 0 Å². The molecule has 1 aliphatic rings. The molecule has 2 nitrogen and oxygen atoms in total. The molecule has 1 aliphatic carbocycles. The highest BCUT2D eigenvalue weighted by Crippen LogP contribution is 2.25. The molecule has 2 heteroatoms. The maximum absolute atomic E-state index is 11.5. The van der Waals surface area contributed by atoms with Crippen LogP contribution in [0.1, 0.15) is 64.7 Å². The molecule has 1 rings (SSSR count). The van der Waals surface area contributed by atoms with Gasteiger partial charge in [-0.15, -0.1) is 0 Å². The Bertz CT molecular complexity index is 169. The molecule has 1 fully saturated rings. The van der Waals surface area contributed by atoms with E-state index in [-0.39, 0.29) is 5.97 Å². The molecule has 0 N–H and O–H groups in total. The van der Waals surface area contributed by atoms with Crippen molar-refractivity contribution in [3.8, 4) is 0 Å². The summed E-state index contributed by atoms with van der Waals surface area (Å²) in [5, 5.41) is 0. The molecule has 0 radical (unpaired) electrons. The van der Waals surface area contributed by atoms with Gasteiger partial charge in [0.2, 0.25) is 0 Å². The van der Waals surface area contributed by atoms with Gasteiger partial charge in [0.15, 0.2) is 0 Å². The summed E-state index contributed by atoms with van der Waals surface area (Å²) in [5.74, 6) is 0.622. The van der Waals surface area contributed by atoms with E-state index in [1.807, 2.05) is 0 Å². The number of unbranched alkanes of at least 4 members (excludes halogenated alkanes) is 1. The fourth-order valence-corrected chi connectivity index (χ4v) is 2.19. The summed E-state index contributed by atoms with van der Waals surface area (Å²) < 4.78 is 5.19. The van der Waals surface area contributed by atoms with E-state index in [4.69, 9.17) is 4.74 Å². The molecule has 0 unspecified atom stereocenters. The van der Waals surface area contributed by atoms with Gasteiger partial charge in [-0.05, 0) is 25.2 Å². The summed E-state index contributed by atoms with van der Waals surface area (Å²) in [6.45, 7) is 2.72. The van der Waals surface area contributed by atoms with Gasteiger partial charge in [0.05, 0.1) is 6.61 Å². The van der Waals surface area contributed by atoms with Crippen LogP contribution in [0.25, 0.3) is 0 Å². The third-order valence-corrected chi connectivity index (χ3v) is 3.19. The lowest BCUT2D eigenvalue weighted by Gasteiger charge is -2.12. The lowest BCUT2D eigenvalue weighted by atomic mass is 9.97. The molecule has 0 spiro atoms. The number of rotatable bonds is 5. The van der Waals surface area contributed by atoms with E-state index in [0.29, 0.717) is 18.9 Å². The van der Waals surface area contributed by atoms with Crippen molar-refractivity contribution >= 4 is 5.97 Å². The molecular weight excluding hydrogens is 188 g/mol. The number of carbonyl (C=O) groups is 1. The molecule has 0 atom stereocenters.